The Balaban J connectivity index is 2.24. The Labute approximate surface area is 103 Å². The number of aromatic nitrogens is 2. The van der Waals surface area contributed by atoms with E-state index in [1.807, 2.05) is 19.3 Å². The van der Waals surface area contributed by atoms with Crippen LogP contribution in [0.25, 0.3) is 6.08 Å². The molecule has 0 N–H and O–H groups in total. The second-order valence-corrected chi connectivity index (χ2v) is 4.53. The Kier molecular flexibility index (Phi) is 3.28. The molecule has 0 aliphatic carbocycles. The molecule has 1 aromatic heterocycles. The quantitative estimate of drug-likeness (QED) is 0.761. The molecule has 0 saturated carbocycles. The predicted molar refractivity (Wildman–Crippen MR) is 68.0 cm³/mol. The molecule has 2 rings (SSSR count). The molecule has 2 aromatic rings. The number of nitrogens with zero attached hydrogens (tertiary/aromatic N) is 2. The summed E-state index contributed by atoms with van der Waals surface area (Å²) in [4.78, 5) is 0. The van der Waals surface area contributed by atoms with Gasteiger partial charge in [-0.05, 0) is 0 Å². The first-order chi connectivity index (χ1) is 7.70. The molecule has 0 radical (unpaired) electrons. The van der Waals surface area contributed by atoms with Crippen LogP contribution in [0.3, 0.4) is 0 Å². The molecule has 1 heterocycles. The summed E-state index contributed by atoms with van der Waals surface area (Å²) >= 11 is 3.07. The summed E-state index contributed by atoms with van der Waals surface area (Å²) < 4.78 is 5.38. The third-order valence-corrected chi connectivity index (χ3v) is 3.68. The standard InChI is InChI=1S/C13H14N2Se/c1-3-11-4-6-12(7-5-11)10-15-9-8-14(2)13(15)16/h3-9H,1,10H2,2H3. The molecule has 0 aliphatic rings. The molecular weight excluding hydrogens is 263 g/mol. The van der Waals surface area contributed by atoms with Crippen LogP contribution in [-0.2, 0) is 13.6 Å². The van der Waals surface area contributed by atoms with Crippen molar-refractivity contribution in [1.29, 1.82) is 0 Å². The Bertz CT molecular complexity index is 546. The van der Waals surface area contributed by atoms with Crippen molar-refractivity contribution in [3.63, 3.8) is 0 Å². The van der Waals surface area contributed by atoms with E-state index in [0.717, 1.165) is 16.4 Å². The van der Waals surface area contributed by atoms with Crippen LogP contribution in [0, 0.1) is 4.32 Å². The number of imidazole rings is 1. The van der Waals surface area contributed by atoms with Crippen LogP contribution in [0.1, 0.15) is 11.1 Å². The average molecular weight is 277 g/mol. The molecule has 2 nitrogen and oxygen atoms in total. The molecule has 0 amide bonds. The zero-order chi connectivity index (χ0) is 11.5. The van der Waals surface area contributed by atoms with Gasteiger partial charge in [0.15, 0.2) is 0 Å². The first-order valence-electron chi connectivity index (χ1n) is 5.14. The van der Waals surface area contributed by atoms with Crippen molar-refractivity contribution < 1.29 is 0 Å². The average Bonchev–Trinajstić information content (AvgIpc) is 2.62. The Hall–Kier alpha value is -1.31. The summed E-state index contributed by atoms with van der Waals surface area (Å²) in [6, 6.07) is 8.45. The number of hydrogen-bond acceptors (Lipinski definition) is 0. The summed E-state index contributed by atoms with van der Waals surface area (Å²) in [5.74, 6) is 0. The van der Waals surface area contributed by atoms with Gasteiger partial charge >= 0.3 is 103 Å². The van der Waals surface area contributed by atoms with Crippen LogP contribution in [0.15, 0.2) is 43.2 Å². The normalized spacial score (nSPS) is 10.3. The minimum absolute atomic E-state index is 0.889. The number of rotatable bonds is 3. The van der Waals surface area contributed by atoms with Crippen molar-refractivity contribution in [3.8, 4) is 0 Å². The molecule has 0 saturated heterocycles. The van der Waals surface area contributed by atoms with Crippen LogP contribution in [0.2, 0.25) is 0 Å². The second-order valence-electron chi connectivity index (χ2n) is 3.77. The van der Waals surface area contributed by atoms with Crippen molar-refractivity contribution in [2.75, 3.05) is 0 Å². The van der Waals surface area contributed by atoms with Gasteiger partial charge in [0.2, 0.25) is 0 Å². The van der Waals surface area contributed by atoms with Gasteiger partial charge in [-0.3, -0.25) is 0 Å². The summed E-state index contributed by atoms with van der Waals surface area (Å²) in [5.41, 5.74) is 2.45. The van der Waals surface area contributed by atoms with Gasteiger partial charge in [-0.15, -0.1) is 0 Å². The van der Waals surface area contributed by atoms with E-state index in [0.29, 0.717) is 0 Å². The molecular formula is C13H14N2Se. The van der Waals surface area contributed by atoms with Gasteiger partial charge in [0, 0.05) is 0 Å². The van der Waals surface area contributed by atoms with E-state index in [-0.39, 0.29) is 0 Å². The third-order valence-electron chi connectivity index (χ3n) is 2.59. The van der Waals surface area contributed by atoms with E-state index < -0.39 is 0 Å². The monoisotopic (exact) mass is 278 g/mol. The topological polar surface area (TPSA) is 9.86 Å². The van der Waals surface area contributed by atoms with Gasteiger partial charge in [0.25, 0.3) is 0 Å². The van der Waals surface area contributed by atoms with Crippen molar-refractivity contribution in [2.45, 2.75) is 6.54 Å². The number of hydrogen-bond donors (Lipinski definition) is 0. The van der Waals surface area contributed by atoms with Crippen LogP contribution in [-0.4, -0.2) is 24.7 Å². The zero-order valence-electron chi connectivity index (χ0n) is 9.26. The van der Waals surface area contributed by atoms with E-state index in [2.05, 4.69) is 61.8 Å². The Morgan fingerprint density at radius 1 is 1.25 bits per heavy atom. The fourth-order valence-electron chi connectivity index (χ4n) is 1.59. The van der Waals surface area contributed by atoms with Crippen molar-refractivity contribution in [1.82, 2.24) is 9.13 Å². The van der Waals surface area contributed by atoms with E-state index in [9.17, 15) is 0 Å². The van der Waals surface area contributed by atoms with Gasteiger partial charge < -0.3 is 0 Å². The molecule has 1 aromatic carbocycles. The Morgan fingerprint density at radius 2 is 1.94 bits per heavy atom. The molecule has 0 atom stereocenters. The van der Waals surface area contributed by atoms with E-state index in [4.69, 9.17) is 0 Å². The maximum atomic E-state index is 3.75. The fraction of sp³-hybridized carbons (Fsp3) is 0.154. The molecule has 82 valence electrons. The van der Waals surface area contributed by atoms with Gasteiger partial charge in [-0.2, -0.15) is 0 Å². The van der Waals surface area contributed by atoms with Crippen molar-refractivity contribution in [3.05, 3.63) is 58.7 Å². The molecule has 16 heavy (non-hydrogen) atoms. The van der Waals surface area contributed by atoms with Gasteiger partial charge in [-0.25, -0.2) is 0 Å². The summed E-state index contributed by atoms with van der Waals surface area (Å²) in [6.45, 7) is 4.64. The van der Waals surface area contributed by atoms with Crippen LogP contribution in [0.4, 0.5) is 0 Å². The first-order valence-corrected chi connectivity index (χ1v) is 5.99. The van der Waals surface area contributed by atoms with Gasteiger partial charge in [0.05, 0.1) is 0 Å². The molecule has 0 fully saturated rings. The van der Waals surface area contributed by atoms with E-state index in [1.54, 1.807) is 0 Å². The number of aryl methyl sites for hydroxylation is 1. The fourth-order valence-corrected chi connectivity index (χ4v) is 1.98. The molecule has 0 bridgehead atoms. The van der Waals surface area contributed by atoms with Crippen molar-refractivity contribution >= 4 is 21.7 Å². The number of benzene rings is 1. The molecule has 0 aliphatic heterocycles. The molecule has 0 unspecified atom stereocenters. The van der Waals surface area contributed by atoms with Crippen LogP contribution >= 0.6 is 0 Å². The molecule has 3 heteroatoms. The van der Waals surface area contributed by atoms with Crippen LogP contribution < -0.4 is 0 Å². The zero-order valence-corrected chi connectivity index (χ0v) is 11.0. The summed E-state index contributed by atoms with van der Waals surface area (Å²) in [5, 5.41) is 0. The van der Waals surface area contributed by atoms with Gasteiger partial charge in [-0.1, -0.05) is 0 Å². The SMILES string of the molecule is C=Cc1ccc(Cn2ccn(C)c2=[Se])cc1. The maximum absolute atomic E-state index is 3.75. The summed E-state index contributed by atoms with van der Waals surface area (Å²) in [6.07, 6.45) is 5.98. The first kappa shape index (κ1) is 11.2. The summed E-state index contributed by atoms with van der Waals surface area (Å²) in [7, 11) is 2.03. The van der Waals surface area contributed by atoms with E-state index in [1.165, 1.54) is 5.56 Å². The minimum atomic E-state index is 0.889. The van der Waals surface area contributed by atoms with Crippen LogP contribution in [0.5, 0.6) is 0 Å². The molecule has 0 spiro atoms. The van der Waals surface area contributed by atoms with Gasteiger partial charge in [0.1, 0.15) is 0 Å². The Morgan fingerprint density at radius 3 is 2.44 bits per heavy atom. The van der Waals surface area contributed by atoms with Crippen molar-refractivity contribution in [2.24, 2.45) is 7.05 Å². The van der Waals surface area contributed by atoms with E-state index >= 15 is 0 Å². The predicted octanol–water partition coefficient (Wildman–Crippen LogP) is 2.22. The third kappa shape index (κ3) is 2.26. The second kappa shape index (κ2) is 4.69.